The van der Waals surface area contributed by atoms with E-state index in [-0.39, 0.29) is 18.1 Å². The SMILES string of the molecule is CCOc1ccccc1Nc1ccc(NC(=O)Cc2cccc(F)c2)nc1. The maximum atomic E-state index is 13.2. The first-order valence-electron chi connectivity index (χ1n) is 8.63. The number of carbonyl (C=O) groups is 1. The van der Waals surface area contributed by atoms with Crippen LogP contribution in [0.25, 0.3) is 0 Å². The molecule has 0 spiro atoms. The predicted octanol–water partition coefficient (Wildman–Crippen LogP) is 4.54. The molecule has 2 N–H and O–H groups in total. The highest BCUT2D eigenvalue weighted by molar-refractivity contribution is 5.91. The summed E-state index contributed by atoms with van der Waals surface area (Å²) in [6.07, 6.45) is 1.71. The van der Waals surface area contributed by atoms with Crippen molar-refractivity contribution in [3.8, 4) is 5.75 Å². The Bertz CT molecular complexity index is 913. The van der Waals surface area contributed by atoms with Gasteiger partial charge in [0, 0.05) is 0 Å². The fraction of sp³-hybridized carbons (Fsp3) is 0.143. The van der Waals surface area contributed by atoms with Crippen LogP contribution in [0.1, 0.15) is 12.5 Å². The van der Waals surface area contributed by atoms with Gasteiger partial charge in [0.15, 0.2) is 0 Å². The van der Waals surface area contributed by atoms with Crippen molar-refractivity contribution in [2.45, 2.75) is 13.3 Å². The predicted molar refractivity (Wildman–Crippen MR) is 104 cm³/mol. The quantitative estimate of drug-likeness (QED) is 0.645. The number of aromatic nitrogens is 1. The van der Waals surface area contributed by atoms with Crippen molar-refractivity contribution in [1.82, 2.24) is 4.98 Å². The molecule has 27 heavy (non-hydrogen) atoms. The summed E-state index contributed by atoms with van der Waals surface area (Å²) in [6.45, 7) is 2.51. The van der Waals surface area contributed by atoms with E-state index in [1.54, 1.807) is 24.4 Å². The number of ether oxygens (including phenoxy) is 1. The van der Waals surface area contributed by atoms with Crippen LogP contribution in [0.2, 0.25) is 0 Å². The van der Waals surface area contributed by atoms with Crippen molar-refractivity contribution >= 4 is 23.1 Å². The van der Waals surface area contributed by atoms with Gasteiger partial charge < -0.3 is 15.4 Å². The van der Waals surface area contributed by atoms with Crippen molar-refractivity contribution in [3.63, 3.8) is 0 Å². The monoisotopic (exact) mass is 365 g/mol. The molecule has 3 rings (SSSR count). The number of hydrogen-bond donors (Lipinski definition) is 2. The second-order valence-electron chi connectivity index (χ2n) is 5.84. The molecule has 2 aromatic carbocycles. The molecule has 0 aliphatic rings. The van der Waals surface area contributed by atoms with Crippen LogP contribution in [-0.4, -0.2) is 17.5 Å². The lowest BCUT2D eigenvalue weighted by molar-refractivity contribution is -0.115. The molecular weight excluding hydrogens is 345 g/mol. The van der Waals surface area contributed by atoms with Crippen LogP contribution >= 0.6 is 0 Å². The van der Waals surface area contributed by atoms with E-state index >= 15 is 0 Å². The highest BCUT2D eigenvalue weighted by atomic mass is 19.1. The number of anilines is 3. The van der Waals surface area contributed by atoms with Gasteiger partial charge in [0.05, 0.1) is 30.6 Å². The van der Waals surface area contributed by atoms with E-state index in [2.05, 4.69) is 15.6 Å². The molecule has 3 aromatic rings. The van der Waals surface area contributed by atoms with Gasteiger partial charge in [-0.1, -0.05) is 24.3 Å². The van der Waals surface area contributed by atoms with Gasteiger partial charge in [-0.15, -0.1) is 0 Å². The number of pyridine rings is 1. The minimum absolute atomic E-state index is 0.0845. The third-order valence-corrected chi connectivity index (χ3v) is 3.75. The molecule has 0 fully saturated rings. The summed E-state index contributed by atoms with van der Waals surface area (Å²) in [5, 5.41) is 5.95. The summed E-state index contributed by atoms with van der Waals surface area (Å²) >= 11 is 0. The maximum absolute atomic E-state index is 13.2. The van der Waals surface area contributed by atoms with E-state index in [4.69, 9.17) is 4.74 Å². The Hall–Kier alpha value is -3.41. The molecule has 5 nitrogen and oxygen atoms in total. The zero-order valence-electron chi connectivity index (χ0n) is 14.9. The summed E-state index contributed by atoms with van der Waals surface area (Å²) in [6, 6.07) is 17.1. The van der Waals surface area contributed by atoms with Crippen LogP contribution in [0, 0.1) is 5.82 Å². The molecular formula is C21H20FN3O2. The summed E-state index contributed by atoms with van der Waals surface area (Å²) < 4.78 is 18.8. The van der Waals surface area contributed by atoms with Gasteiger partial charge >= 0.3 is 0 Å². The van der Waals surface area contributed by atoms with Crippen LogP contribution in [0.15, 0.2) is 66.9 Å². The normalized spacial score (nSPS) is 10.3. The van der Waals surface area contributed by atoms with Crippen molar-refractivity contribution in [3.05, 3.63) is 78.2 Å². The highest BCUT2D eigenvalue weighted by Gasteiger charge is 2.07. The summed E-state index contributed by atoms with van der Waals surface area (Å²) in [7, 11) is 0. The summed E-state index contributed by atoms with van der Waals surface area (Å²) in [5.74, 6) is 0.573. The second-order valence-corrected chi connectivity index (χ2v) is 5.84. The molecule has 6 heteroatoms. The van der Waals surface area contributed by atoms with Crippen LogP contribution < -0.4 is 15.4 Å². The molecule has 1 heterocycles. The topological polar surface area (TPSA) is 63.2 Å². The van der Waals surface area contributed by atoms with Gasteiger partial charge in [-0.3, -0.25) is 4.79 Å². The van der Waals surface area contributed by atoms with Crippen molar-refractivity contribution in [2.24, 2.45) is 0 Å². The fourth-order valence-electron chi connectivity index (χ4n) is 2.57. The maximum Gasteiger partial charge on any atom is 0.229 e. The van der Waals surface area contributed by atoms with Gasteiger partial charge in [-0.2, -0.15) is 0 Å². The van der Waals surface area contributed by atoms with E-state index in [1.807, 2.05) is 37.3 Å². The molecule has 0 aliphatic carbocycles. The number of halogens is 1. The highest BCUT2D eigenvalue weighted by Crippen LogP contribution is 2.27. The van der Waals surface area contributed by atoms with Crippen LogP contribution in [0.3, 0.4) is 0 Å². The van der Waals surface area contributed by atoms with E-state index in [0.717, 1.165) is 17.1 Å². The lowest BCUT2D eigenvalue weighted by Crippen LogP contribution is -2.15. The number of para-hydroxylation sites is 2. The van der Waals surface area contributed by atoms with E-state index in [1.165, 1.54) is 12.1 Å². The Morgan fingerprint density at radius 3 is 2.70 bits per heavy atom. The van der Waals surface area contributed by atoms with Gasteiger partial charge in [-0.05, 0) is 48.9 Å². The van der Waals surface area contributed by atoms with Crippen LogP contribution in [-0.2, 0) is 11.2 Å². The largest absolute Gasteiger partial charge is 0.492 e. The van der Waals surface area contributed by atoms with E-state index in [0.29, 0.717) is 18.0 Å². The fourth-order valence-corrected chi connectivity index (χ4v) is 2.57. The van der Waals surface area contributed by atoms with Gasteiger partial charge in [-0.25, -0.2) is 9.37 Å². The molecule has 138 valence electrons. The lowest BCUT2D eigenvalue weighted by atomic mass is 10.1. The molecule has 1 aromatic heterocycles. The average Bonchev–Trinajstić information content (AvgIpc) is 2.65. The van der Waals surface area contributed by atoms with Gasteiger partial charge in [0.2, 0.25) is 5.91 Å². The average molecular weight is 365 g/mol. The number of rotatable bonds is 7. The summed E-state index contributed by atoms with van der Waals surface area (Å²) in [5.41, 5.74) is 2.22. The number of nitrogens with one attached hydrogen (secondary N) is 2. The first-order chi connectivity index (χ1) is 13.1. The zero-order chi connectivity index (χ0) is 19.1. The Morgan fingerprint density at radius 2 is 1.96 bits per heavy atom. The van der Waals surface area contributed by atoms with Gasteiger partial charge in [0.1, 0.15) is 17.4 Å². The zero-order valence-corrected chi connectivity index (χ0v) is 14.9. The molecule has 0 unspecified atom stereocenters. The second kappa shape index (κ2) is 8.80. The summed E-state index contributed by atoms with van der Waals surface area (Å²) in [4.78, 5) is 16.3. The molecule has 0 bridgehead atoms. The van der Waals surface area contributed by atoms with Crippen molar-refractivity contribution in [1.29, 1.82) is 0 Å². The molecule has 0 aliphatic heterocycles. The number of hydrogen-bond acceptors (Lipinski definition) is 4. The number of amides is 1. The van der Waals surface area contributed by atoms with E-state index in [9.17, 15) is 9.18 Å². The Morgan fingerprint density at radius 1 is 1.11 bits per heavy atom. The van der Waals surface area contributed by atoms with Crippen molar-refractivity contribution in [2.75, 3.05) is 17.2 Å². The standard InChI is InChI=1S/C21H20FN3O2/c1-2-27-19-9-4-3-8-18(19)24-17-10-11-20(23-14-17)25-21(26)13-15-6-5-7-16(22)12-15/h3-12,14,24H,2,13H2,1H3,(H,23,25,26). The molecule has 0 radical (unpaired) electrons. The third-order valence-electron chi connectivity index (χ3n) is 3.75. The lowest BCUT2D eigenvalue weighted by Gasteiger charge is -2.12. The van der Waals surface area contributed by atoms with Crippen LogP contribution in [0.4, 0.5) is 21.6 Å². The van der Waals surface area contributed by atoms with Crippen molar-refractivity contribution < 1.29 is 13.9 Å². The minimum atomic E-state index is -0.360. The smallest absolute Gasteiger partial charge is 0.229 e. The first kappa shape index (κ1) is 18.4. The Labute approximate surface area is 157 Å². The minimum Gasteiger partial charge on any atom is -0.492 e. The Balaban J connectivity index is 1.61. The van der Waals surface area contributed by atoms with Gasteiger partial charge in [0.25, 0.3) is 0 Å². The number of nitrogens with zero attached hydrogens (tertiary/aromatic N) is 1. The molecule has 1 amide bonds. The number of benzene rings is 2. The molecule has 0 saturated heterocycles. The first-order valence-corrected chi connectivity index (χ1v) is 8.63. The number of carbonyl (C=O) groups excluding carboxylic acids is 1. The van der Waals surface area contributed by atoms with Crippen LogP contribution in [0.5, 0.6) is 5.75 Å². The molecule has 0 atom stereocenters. The van der Waals surface area contributed by atoms with E-state index < -0.39 is 0 Å². The molecule has 0 saturated carbocycles. The Kier molecular flexibility index (Phi) is 5.99. The third kappa shape index (κ3) is 5.28.